The van der Waals surface area contributed by atoms with Crippen LogP contribution >= 0.6 is 0 Å². The lowest BCUT2D eigenvalue weighted by atomic mass is 10.1. The summed E-state index contributed by atoms with van der Waals surface area (Å²) in [5.41, 5.74) is 1.92. The van der Waals surface area contributed by atoms with Crippen molar-refractivity contribution in [3.63, 3.8) is 0 Å². The standard InChI is InChI=1S/C32H38FN3O5S/c1-4-30(32(38)34-26-11-7-8-12-26)35(21-24-10-6-5-9-23(24)2)31(37)22-36(27-15-13-25(33)14-16-27)42(39,40)29-19-17-28(41-3)18-20-29/h5-6,9-10,13-20,26,30H,4,7-8,11-12,21-22H2,1-3H3,(H,34,38)/t30-/m1/s1. The van der Waals surface area contributed by atoms with Gasteiger partial charge >= 0.3 is 0 Å². The first kappa shape index (κ1) is 31.0. The Hall–Kier alpha value is -3.92. The molecule has 3 aromatic carbocycles. The predicted octanol–water partition coefficient (Wildman–Crippen LogP) is 5.20. The van der Waals surface area contributed by atoms with Crippen LogP contribution in [0.4, 0.5) is 10.1 Å². The molecule has 2 amide bonds. The number of amides is 2. The number of sulfonamides is 1. The third-order valence-corrected chi connectivity index (χ3v) is 9.52. The van der Waals surface area contributed by atoms with Gasteiger partial charge in [0.25, 0.3) is 10.0 Å². The maximum atomic E-state index is 14.2. The molecule has 0 aromatic heterocycles. The fourth-order valence-corrected chi connectivity index (χ4v) is 6.68. The molecule has 1 aliphatic rings. The second-order valence-electron chi connectivity index (χ2n) is 10.5. The van der Waals surface area contributed by atoms with Crippen molar-refractivity contribution in [3.8, 4) is 5.75 Å². The molecule has 1 fully saturated rings. The van der Waals surface area contributed by atoms with E-state index in [4.69, 9.17) is 4.74 Å². The van der Waals surface area contributed by atoms with Gasteiger partial charge in [0.05, 0.1) is 17.7 Å². The Bertz CT molecular complexity index is 1470. The monoisotopic (exact) mass is 595 g/mol. The summed E-state index contributed by atoms with van der Waals surface area (Å²) in [4.78, 5) is 29.1. The molecule has 42 heavy (non-hydrogen) atoms. The van der Waals surface area contributed by atoms with Crippen LogP contribution in [0.5, 0.6) is 5.75 Å². The summed E-state index contributed by atoms with van der Waals surface area (Å²) in [6, 6.07) is 17.6. The fraction of sp³-hybridized carbons (Fsp3) is 0.375. The predicted molar refractivity (Wildman–Crippen MR) is 160 cm³/mol. The van der Waals surface area contributed by atoms with Crippen molar-refractivity contribution in [2.75, 3.05) is 18.0 Å². The van der Waals surface area contributed by atoms with E-state index in [1.807, 2.05) is 38.1 Å². The van der Waals surface area contributed by atoms with Crippen molar-refractivity contribution in [2.24, 2.45) is 0 Å². The average molecular weight is 596 g/mol. The van der Waals surface area contributed by atoms with E-state index in [0.29, 0.717) is 12.2 Å². The first-order chi connectivity index (χ1) is 20.1. The second-order valence-corrected chi connectivity index (χ2v) is 12.4. The molecule has 0 aliphatic heterocycles. The molecule has 0 radical (unpaired) electrons. The van der Waals surface area contributed by atoms with Gasteiger partial charge in [-0.1, -0.05) is 44.0 Å². The van der Waals surface area contributed by atoms with E-state index in [0.717, 1.165) is 53.2 Å². The molecule has 3 aromatic rings. The Morgan fingerprint density at radius 2 is 1.64 bits per heavy atom. The first-order valence-corrected chi connectivity index (χ1v) is 15.6. The number of aryl methyl sites for hydroxylation is 1. The zero-order valence-corrected chi connectivity index (χ0v) is 25.1. The van der Waals surface area contributed by atoms with Crippen LogP contribution in [-0.2, 0) is 26.2 Å². The number of methoxy groups -OCH3 is 1. The molecule has 0 spiro atoms. The summed E-state index contributed by atoms with van der Waals surface area (Å²) < 4.78 is 47.8. The van der Waals surface area contributed by atoms with Crippen molar-refractivity contribution in [1.29, 1.82) is 0 Å². The quantitative estimate of drug-likeness (QED) is 0.310. The van der Waals surface area contributed by atoms with Crippen LogP contribution < -0.4 is 14.4 Å². The van der Waals surface area contributed by atoms with Crippen LogP contribution in [0.1, 0.15) is 50.2 Å². The average Bonchev–Trinajstić information content (AvgIpc) is 3.50. The lowest BCUT2D eigenvalue weighted by molar-refractivity contribution is -0.140. The minimum absolute atomic E-state index is 0.0584. The molecule has 0 heterocycles. The Morgan fingerprint density at radius 1 is 1.00 bits per heavy atom. The fourth-order valence-electron chi connectivity index (χ4n) is 5.27. The Kier molecular flexibility index (Phi) is 10.2. The van der Waals surface area contributed by atoms with Crippen molar-refractivity contribution in [3.05, 3.63) is 89.7 Å². The van der Waals surface area contributed by atoms with E-state index in [1.54, 1.807) is 0 Å². The van der Waals surface area contributed by atoms with Crippen LogP contribution in [0.15, 0.2) is 77.7 Å². The number of rotatable bonds is 12. The minimum atomic E-state index is -4.27. The molecule has 1 N–H and O–H groups in total. The van der Waals surface area contributed by atoms with Crippen LogP contribution in [0, 0.1) is 12.7 Å². The van der Waals surface area contributed by atoms with Gasteiger partial charge in [0, 0.05) is 12.6 Å². The lowest BCUT2D eigenvalue weighted by Gasteiger charge is -2.34. The van der Waals surface area contributed by atoms with Crippen molar-refractivity contribution in [2.45, 2.75) is 69.5 Å². The van der Waals surface area contributed by atoms with Crippen LogP contribution in [-0.4, -0.2) is 50.9 Å². The summed E-state index contributed by atoms with van der Waals surface area (Å²) in [6.07, 6.45) is 4.23. The summed E-state index contributed by atoms with van der Waals surface area (Å²) in [6.45, 7) is 3.31. The number of carbonyl (C=O) groups excluding carboxylic acids is 2. The van der Waals surface area contributed by atoms with Gasteiger partial charge in [0.1, 0.15) is 24.2 Å². The molecule has 0 saturated heterocycles. The molecular weight excluding hydrogens is 557 g/mol. The number of ether oxygens (including phenoxy) is 1. The summed E-state index contributed by atoms with van der Waals surface area (Å²) in [7, 11) is -2.79. The molecular formula is C32H38FN3O5S. The zero-order valence-electron chi connectivity index (χ0n) is 24.3. The topological polar surface area (TPSA) is 96.0 Å². The molecule has 1 atom stereocenters. The maximum Gasteiger partial charge on any atom is 0.264 e. The largest absolute Gasteiger partial charge is 0.497 e. The highest BCUT2D eigenvalue weighted by molar-refractivity contribution is 7.92. The van der Waals surface area contributed by atoms with E-state index in [1.165, 1.54) is 48.4 Å². The molecule has 1 aliphatic carbocycles. The van der Waals surface area contributed by atoms with Gasteiger partial charge in [-0.2, -0.15) is 0 Å². The van der Waals surface area contributed by atoms with Gasteiger partial charge in [-0.25, -0.2) is 12.8 Å². The third kappa shape index (κ3) is 7.28. The van der Waals surface area contributed by atoms with E-state index in [-0.39, 0.29) is 29.1 Å². The molecule has 1 saturated carbocycles. The van der Waals surface area contributed by atoms with E-state index < -0.39 is 34.3 Å². The Morgan fingerprint density at radius 3 is 2.24 bits per heavy atom. The highest BCUT2D eigenvalue weighted by atomic mass is 32.2. The number of hydrogen-bond donors (Lipinski definition) is 1. The second kappa shape index (κ2) is 13.8. The van der Waals surface area contributed by atoms with Gasteiger partial charge < -0.3 is 15.0 Å². The molecule has 224 valence electrons. The summed E-state index contributed by atoms with van der Waals surface area (Å²) in [5.74, 6) is -0.865. The lowest BCUT2D eigenvalue weighted by Crippen LogP contribution is -2.53. The molecule has 0 bridgehead atoms. The maximum absolute atomic E-state index is 14.2. The first-order valence-electron chi connectivity index (χ1n) is 14.2. The summed E-state index contributed by atoms with van der Waals surface area (Å²) >= 11 is 0. The number of hydrogen-bond acceptors (Lipinski definition) is 5. The number of halogens is 1. The number of benzene rings is 3. The number of nitrogens with one attached hydrogen (secondary N) is 1. The van der Waals surface area contributed by atoms with E-state index in [9.17, 15) is 22.4 Å². The Balaban J connectivity index is 1.71. The van der Waals surface area contributed by atoms with E-state index in [2.05, 4.69) is 5.32 Å². The van der Waals surface area contributed by atoms with Gasteiger partial charge in [-0.05, 0) is 85.8 Å². The van der Waals surface area contributed by atoms with Crippen molar-refractivity contribution in [1.82, 2.24) is 10.2 Å². The van der Waals surface area contributed by atoms with Gasteiger partial charge in [-0.3, -0.25) is 13.9 Å². The van der Waals surface area contributed by atoms with Crippen molar-refractivity contribution >= 4 is 27.5 Å². The summed E-state index contributed by atoms with van der Waals surface area (Å²) in [5, 5.41) is 3.11. The normalized spacial score (nSPS) is 14.3. The van der Waals surface area contributed by atoms with Gasteiger partial charge in [0.2, 0.25) is 11.8 Å². The number of nitrogens with zero attached hydrogens (tertiary/aromatic N) is 2. The zero-order chi connectivity index (χ0) is 30.3. The molecule has 4 rings (SSSR count). The molecule has 8 nitrogen and oxygen atoms in total. The van der Waals surface area contributed by atoms with Crippen LogP contribution in [0.2, 0.25) is 0 Å². The van der Waals surface area contributed by atoms with E-state index >= 15 is 0 Å². The smallest absolute Gasteiger partial charge is 0.264 e. The third-order valence-electron chi connectivity index (χ3n) is 7.73. The highest BCUT2D eigenvalue weighted by Crippen LogP contribution is 2.27. The highest BCUT2D eigenvalue weighted by Gasteiger charge is 2.34. The van der Waals surface area contributed by atoms with Gasteiger partial charge in [-0.15, -0.1) is 0 Å². The number of anilines is 1. The van der Waals surface area contributed by atoms with Crippen LogP contribution in [0.25, 0.3) is 0 Å². The SMILES string of the molecule is CC[C@H](C(=O)NC1CCCC1)N(Cc1ccccc1C)C(=O)CN(c1ccc(F)cc1)S(=O)(=O)c1ccc(OC)cc1. The molecule has 10 heteroatoms. The number of carbonyl (C=O) groups is 2. The van der Waals surface area contributed by atoms with Gasteiger partial charge in [0.15, 0.2) is 0 Å². The van der Waals surface area contributed by atoms with Crippen molar-refractivity contribution < 1.29 is 27.1 Å². The Labute approximate surface area is 247 Å². The molecule has 0 unspecified atom stereocenters. The minimum Gasteiger partial charge on any atom is -0.497 e. The van der Waals surface area contributed by atoms with Crippen LogP contribution in [0.3, 0.4) is 0 Å².